The van der Waals surface area contributed by atoms with Gasteiger partial charge >= 0.3 is 18.0 Å². The molecule has 0 bridgehead atoms. The molecule has 1 aromatic heterocycles. The van der Waals surface area contributed by atoms with Gasteiger partial charge in [-0.2, -0.15) is 0 Å². The highest BCUT2D eigenvalue weighted by atomic mass is 35.5. The van der Waals surface area contributed by atoms with Gasteiger partial charge in [0.2, 0.25) is 0 Å². The van der Waals surface area contributed by atoms with Crippen molar-refractivity contribution in [3.63, 3.8) is 0 Å². The topological polar surface area (TPSA) is 122 Å². The van der Waals surface area contributed by atoms with Gasteiger partial charge in [0.25, 0.3) is 0 Å². The van der Waals surface area contributed by atoms with Gasteiger partial charge in [-0.05, 0) is 77.0 Å². The SMILES string of the molecule is CCOC(=O)NC(=S)N(Cc1ccc(Cl)c(NCC(=O)OC(C)(C)C)c1)c1c(C)c[nH]c1C(=O)OCC. The van der Waals surface area contributed by atoms with Crippen molar-refractivity contribution in [2.45, 2.75) is 53.7 Å². The third-order valence-corrected chi connectivity index (χ3v) is 5.39. The Labute approximate surface area is 227 Å². The van der Waals surface area contributed by atoms with Crippen LogP contribution >= 0.6 is 23.8 Å². The number of aromatic nitrogens is 1. The number of nitrogens with one attached hydrogen (secondary N) is 3. The number of alkyl carbamates (subject to hydrolysis) is 1. The number of hydrogen-bond donors (Lipinski definition) is 3. The molecule has 1 amide bonds. The number of hydrogen-bond acceptors (Lipinski definition) is 8. The van der Waals surface area contributed by atoms with Gasteiger partial charge in [-0.1, -0.05) is 17.7 Å². The molecule has 37 heavy (non-hydrogen) atoms. The molecule has 0 atom stereocenters. The summed E-state index contributed by atoms with van der Waals surface area (Å²) < 4.78 is 15.5. The number of carbonyl (C=O) groups excluding carboxylic acids is 3. The van der Waals surface area contributed by atoms with Gasteiger partial charge in [0.1, 0.15) is 17.8 Å². The molecule has 1 heterocycles. The second-order valence-electron chi connectivity index (χ2n) is 8.91. The smallest absolute Gasteiger partial charge is 0.413 e. The second kappa shape index (κ2) is 13.3. The number of anilines is 2. The van der Waals surface area contributed by atoms with Crippen LogP contribution in [0.4, 0.5) is 16.2 Å². The molecular formula is C25H33ClN4O6S. The number of halogens is 1. The van der Waals surface area contributed by atoms with Crippen molar-refractivity contribution in [1.29, 1.82) is 0 Å². The van der Waals surface area contributed by atoms with E-state index < -0.39 is 23.6 Å². The third kappa shape index (κ3) is 8.94. The first kappa shape index (κ1) is 29.9. The van der Waals surface area contributed by atoms with E-state index in [1.54, 1.807) is 70.8 Å². The number of esters is 2. The molecule has 10 nitrogen and oxygen atoms in total. The second-order valence-corrected chi connectivity index (χ2v) is 9.70. The maximum atomic E-state index is 12.6. The van der Waals surface area contributed by atoms with Crippen LogP contribution in [0.25, 0.3) is 0 Å². The number of H-pyrrole nitrogens is 1. The lowest BCUT2D eigenvalue weighted by molar-refractivity contribution is -0.152. The van der Waals surface area contributed by atoms with Gasteiger partial charge in [0, 0.05) is 6.20 Å². The zero-order valence-electron chi connectivity index (χ0n) is 21.8. The molecule has 2 aromatic rings. The van der Waals surface area contributed by atoms with Crippen LogP contribution < -0.4 is 15.5 Å². The van der Waals surface area contributed by atoms with E-state index in [0.29, 0.717) is 22.0 Å². The van der Waals surface area contributed by atoms with Crippen LogP contribution in [0.15, 0.2) is 24.4 Å². The summed E-state index contributed by atoms with van der Waals surface area (Å²) in [7, 11) is 0. The number of aryl methyl sites for hydroxylation is 1. The number of nitrogens with zero attached hydrogens (tertiary/aromatic N) is 1. The van der Waals surface area contributed by atoms with Crippen LogP contribution in [0.5, 0.6) is 0 Å². The van der Waals surface area contributed by atoms with Gasteiger partial charge in [0.05, 0.1) is 36.2 Å². The van der Waals surface area contributed by atoms with E-state index in [2.05, 4.69) is 15.6 Å². The average Bonchev–Trinajstić information content (AvgIpc) is 3.17. The van der Waals surface area contributed by atoms with Gasteiger partial charge < -0.3 is 29.4 Å². The molecule has 0 aliphatic carbocycles. The van der Waals surface area contributed by atoms with E-state index in [1.807, 2.05) is 0 Å². The number of amides is 1. The first-order chi connectivity index (χ1) is 17.4. The first-order valence-corrected chi connectivity index (χ1v) is 12.5. The van der Waals surface area contributed by atoms with Crippen LogP contribution in [-0.4, -0.2) is 53.5 Å². The largest absolute Gasteiger partial charge is 0.461 e. The molecule has 202 valence electrons. The molecule has 0 radical (unpaired) electrons. The van der Waals surface area contributed by atoms with Gasteiger partial charge in [-0.3, -0.25) is 10.1 Å². The molecule has 3 N–H and O–H groups in total. The summed E-state index contributed by atoms with van der Waals surface area (Å²) in [6, 6.07) is 5.19. The molecule has 0 saturated heterocycles. The minimum atomic E-state index is -0.723. The Bertz CT molecular complexity index is 1140. The van der Waals surface area contributed by atoms with Crippen LogP contribution in [0, 0.1) is 6.92 Å². The van der Waals surface area contributed by atoms with Gasteiger partial charge in [0.15, 0.2) is 5.11 Å². The summed E-state index contributed by atoms with van der Waals surface area (Å²) in [5.74, 6) is -0.997. The predicted molar refractivity (Wildman–Crippen MR) is 146 cm³/mol. The summed E-state index contributed by atoms with van der Waals surface area (Å²) in [4.78, 5) is 41.4. The van der Waals surface area contributed by atoms with Crippen molar-refractivity contribution in [1.82, 2.24) is 10.3 Å². The lowest BCUT2D eigenvalue weighted by atomic mass is 10.1. The molecule has 0 saturated carbocycles. The Balaban J connectivity index is 2.38. The Kier molecular flexibility index (Phi) is 10.8. The number of ether oxygens (including phenoxy) is 3. The lowest BCUT2D eigenvalue weighted by Gasteiger charge is -2.26. The molecule has 0 spiro atoms. The Hall–Kier alpha value is -3.31. The molecule has 2 rings (SSSR count). The monoisotopic (exact) mass is 552 g/mol. The highest BCUT2D eigenvalue weighted by molar-refractivity contribution is 7.80. The minimum Gasteiger partial charge on any atom is -0.461 e. The standard InChI is InChI=1S/C25H33ClN4O6S/c1-7-34-22(32)20-21(15(3)12-28-20)30(23(37)29-24(33)35-8-2)14-16-9-10-17(26)18(11-16)27-13-19(31)36-25(4,5)6/h9-12,27-28H,7-8,13-14H2,1-6H3,(H,29,33,37). The molecule has 0 unspecified atom stereocenters. The Morgan fingerprint density at radius 1 is 1.14 bits per heavy atom. The van der Waals surface area contributed by atoms with E-state index in [4.69, 9.17) is 38.0 Å². The Morgan fingerprint density at radius 2 is 1.81 bits per heavy atom. The molecule has 12 heteroatoms. The van der Waals surface area contributed by atoms with Gasteiger partial charge in [-0.15, -0.1) is 0 Å². The maximum Gasteiger partial charge on any atom is 0.413 e. The van der Waals surface area contributed by atoms with Crippen LogP contribution in [-0.2, 0) is 25.5 Å². The summed E-state index contributed by atoms with van der Waals surface area (Å²) in [6.07, 6.45) is 0.927. The normalized spacial score (nSPS) is 10.9. The van der Waals surface area contributed by atoms with Crippen LogP contribution in [0.1, 0.15) is 56.2 Å². The Morgan fingerprint density at radius 3 is 2.43 bits per heavy atom. The summed E-state index contributed by atoms with van der Waals surface area (Å²) >= 11 is 11.9. The third-order valence-electron chi connectivity index (χ3n) is 4.74. The zero-order valence-corrected chi connectivity index (χ0v) is 23.4. The first-order valence-electron chi connectivity index (χ1n) is 11.7. The maximum absolute atomic E-state index is 12.6. The van der Waals surface area contributed by atoms with Crippen molar-refractivity contribution in [2.24, 2.45) is 0 Å². The molecule has 0 aliphatic rings. The van der Waals surface area contributed by atoms with Crippen LogP contribution in [0.2, 0.25) is 5.02 Å². The molecular weight excluding hydrogens is 520 g/mol. The summed E-state index contributed by atoms with van der Waals surface area (Å²) in [6.45, 7) is 10.9. The van der Waals surface area contributed by atoms with Crippen molar-refractivity contribution in [2.75, 3.05) is 30.0 Å². The fraction of sp³-hybridized carbons (Fsp3) is 0.440. The van der Waals surface area contributed by atoms with Crippen molar-refractivity contribution in [3.05, 3.63) is 46.2 Å². The number of thiocarbonyl (C=S) groups is 1. The summed E-state index contributed by atoms with van der Waals surface area (Å²) in [5.41, 5.74) is 1.94. The highest BCUT2D eigenvalue weighted by Crippen LogP contribution is 2.30. The summed E-state index contributed by atoms with van der Waals surface area (Å²) in [5, 5.41) is 5.94. The quantitative estimate of drug-likeness (QED) is 0.225. The number of rotatable bonds is 9. The van der Waals surface area contributed by atoms with E-state index >= 15 is 0 Å². The van der Waals surface area contributed by atoms with E-state index in [9.17, 15) is 14.4 Å². The number of carbonyl (C=O) groups is 3. The van der Waals surface area contributed by atoms with Crippen molar-refractivity contribution in [3.8, 4) is 0 Å². The van der Waals surface area contributed by atoms with Crippen molar-refractivity contribution >= 4 is 58.3 Å². The fourth-order valence-electron chi connectivity index (χ4n) is 3.33. The number of benzene rings is 1. The van der Waals surface area contributed by atoms with Gasteiger partial charge in [-0.25, -0.2) is 9.59 Å². The van der Waals surface area contributed by atoms with Crippen LogP contribution in [0.3, 0.4) is 0 Å². The molecule has 1 aromatic carbocycles. The van der Waals surface area contributed by atoms with E-state index in [1.165, 1.54) is 0 Å². The lowest BCUT2D eigenvalue weighted by Crippen LogP contribution is -2.43. The number of aromatic amines is 1. The minimum absolute atomic E-state index is 0.0184. The zero-order chi connectivity index (χ0) is 27.8. The van der Waals surface area contributed by atoms with Crippen molar-refractivity contribution < 1.29 is 28.6 Å². The fourth-order valence-corrected chi connectivity index (χ4v) is 3.75. The van der Waals surface area contributed by atoms with E-state index in [-0.39, 0.29) is 37.1 Å². The highest BCUT2D eigenvalue weighted by Gasteiger charge is 2.26. The molecule has 0 aliphatic heterocycles. The average molecular weight is 553 g/mol. The molecule has 0 fully saturated rings. The predicted octanol–water partition coefficient (Wildman–Crippen LogP) is 4.94. The van der Waals surface area contributed by atoms with E-state index in [0.717, 1.165) is 5.56 Å².